The van der Waals surface area contributed by atoms with Crippen molar-refractivity contribution in [2.75, 3.05) is 37.0 Å². The molecule has 0 saturated heterocycles. The van der Waals surface area contributed by atoms with Gasteiger partial charge in [-0.15, -0.1) is 13.2 Å². The Balaban J connectivity index is 1.13. The fourth-order valence-electron chi connectivity index (χ4n) is 9.91. The molecule has 0 aromatic heterocycles. The number of nitrogens with one attached hydrogen (secondary N) is 1. The number of rotatable bonds is 15. The number of hydrogen-bond donors (Lipinski definition) is 2. The van der Waals surface area contributed by atoms with Gasteiger partial charge in [0.2, 0.25) is 10.0 Å². The van der Waals surface area contributed by atoms with Crippen molar-refractivity contribution in [1.29, 1.82) is 0 Å². The molecule has 1 heterocycles. The van der Waals surface area contributed by atoms with Crippen molar-refractivity contribution in [3.05, 3.63) is 144 Å². The molecule has 1 saturated carbocycles. The average molecular weight is 868 g/mol. The van der Waals surface area contributed by atoms with E-state index in [0.717, 1.165) is 48.2 Å². The quantitative estimate of drug-likeness (QED) is 0.0918. The summed E-state index contributed by atoms with van der Waals surface area (Å²) in [4.78, 5) is 16.3. The number of anilines is 1. The minimum absolute atomic E-state index is 0.109. The molecule has 1 amide bonds. The molecule has 7 rings (SSSR count). The number of ether oxygens (including phenoxy) is 1. The molecule has 0 unspecified atom stereocenters. The van der Waals surface area contributed by atoms with Crippen molar-refractivity contribution >= 4 is 51.9 Å². The standard InChI is InChI=1S/C49H59ClN2O6SSi/c1-6-15-45(53)42-24-21-38(42)30-52-33-49(27-14-16-36-28-39(50)23-25-43(36)49)34-57-46-26-22-37(29-44(46)52)47(54)51-59(55,56)32-35(7-2)31-58-60(48(3,4)5,40-17-10-8-11-18-40)41-19-12-9-13-20-41/h6-13,17-20,22-23,25-26,28-29,35,38,42,45,53H,1-2,14-16,21,24,27,30-34H2,3-5H3,(H,51,54)/t35-,38+,42-,45+,49+/m1/s1. The number of aryl methyl sites for hydroxylation is 1. The largest absolute Gasteiger partial charge is 0.490 e. The summed E-state index contributed by atoms with van der Waals surface area (Å²) in [6.07, 6.45) is 8.23. The summed E-state index contributed by atoms with van der Waals surface area (Å²) in [5.41, 5.74) is 3.09. The van der Waals surface area contributed by atoms with E-state index in [9.17, 15) is 18.3 Å². The molecule has 2 aliphatic carbocycles. The maximum Gasteiger partial charge on any atom is 0.264 e. The Morgan fingerprint density at radius 1 is 1.03 bits per heavy atom. The van der Waals surface area contributed by atoms with E-state index in [4.69, 9.17) is 20.8 Å². The highest BCUT2D eigenvalue weighted by Crippen LogP contribution is 2.47. The molecule has 4 aromatic carbocycles. The zero-order chi connectivity index (χ0) is 42.7. The van der Waals surface area contributed by atoms with Gasteiger partial charge < -0.3 is 19.2 Å². The van der Waals surface area contributed by atoms with Crippen LogP contribution in [0.25, 0.3) is 0 Å². The number of amides is 1. The van der Waals surface area contributed by atoms with Crippen molar-refractivity contribution in [2.24, 2.45) is 17.8 Å². The van der Waals surface area contributed by atoms with Crippen LogP contribution in [0.5, 0.6) is 5.75 Å². The van der Waals surface area contributed by atoms with Gasteiger partial charge >= 0.3 is 0 Å². The second-order valence-corrected chi connectivity index (χ2v) is 24.6. The van der Waals surface area contributed by atoms with Crippen LogP contribution >= 0.6 is 11.6 Å². The summed E-state index contributed by atoms with van der Waals surface area (Å²) < 4.78 is 43.7. The molecule has 8 nitrogen and oxygen atoms in total. The van der Waals surface area contributed by atoms with Crippen molar-refractivity contribution in [2.45, 2.75) is 75.9 Å². The van der Waals surface area contributed by atoms with Crippen LogP contribution in [0.1, 0.15) is 74.4 Å². The van der Waals surface area contributed by atoms with Crippen LogP contribution in [0.15, 0.2) is 122 Å². The SMILES string of the molecule is C=CC[C@H](O)[C@@H]1CC[C@H]1CN1C[C@@]2(CCCc3cc(Cl)ccc32)COc2ccc(C(=O)NS(=O)(=O)C[C@H](C=C)CO[Si](c3ccccc3)(c3ccccc3)C(C)(C)C)cc21. The molecular formula is C49H59ClN2O6SSi. The molecule has 3 aliphatic rings. The predicted octanol–water partition coefficient (Wildman–Crippen LogP) is 8.21. The van der Waals surface area contributed by atoms with Crippen LogP contribution in [0.3, 0.4) is 0 Å². The van der Waals surface area contributed by atoms with Crippen LogP contribution in [-0.4, -0.2) is 65.9 Å². The summed E-state index contributed by atoms with van der Waals surface area (Å²) in [6.45, 7) is 16.2. The van der Waals surface area contributed by atoms with E-state index in [2.05, 4.69) is 79.9 Å². The summed E-state index contributed by atoms with van der Waals surface area (Å²) in [5, 5.41) is 13.6. The Morgan fingerprint density at radius 2 is 1.73 bits per heavy atom. The Morgan fingerprint density at radius 3 is 2.35 bits per heavy atom. The zero-order valence-electron chi connectivity index (χ0n) is 35.1. The number of benzene rings is 4. The molecule has 4 aromatic rings. The molecule has 1 spiro atoms. The van der Waals surface area contributed by atoms with E-state index in [1.165, 1.54) is 11.1 Å². The fourth-order valence-corrected chi connectivity index (χ4v) is 16.0. The highest BCUT2D eigenvalue weighted by atomic mass is 35.5. The van der Waals surface area contributed by atoms with Crippen LogP contribution in [0.2, 0.25) is 10.1 Å². The third-order valence-electron chi connectivity index (χ3n) is 13.1. The molecule has 0 radical (unpaired) electrons. The average Bonchev–Trinajstić information content (AvgIpc) is 3.36. The van der Waals surface area contributed by atoms with Crippen LogP contribution in [0, 0.1) is 17.8 Å². The fraction of sp³-hybridized carbons (Fsp3) is 0.408. The number of carbonyl (C=O) groups is 1. The van der Waals surface area contributed by atoms with Gasteiger partial charge in [-0.1, -0.05) is 111 Å². The maximum atomic E-state index is 14.0. The zero-order valence-corrected chi connectivity index (χ0v) is 37.7. The molecule has 1 aliphatic heterocycles. The maximum absolute atomic E-state index is 14.0. The summed E-state index contributed by atoms with van der Waals surface area (Å²) in [6, 6.07) is 31.7. The highest BCUT2D eigenvalue weighted by Gasteiger charge is 2.50. The van der Waals surface area contributed by atoms with Gasteiger partial charge in [0.1, 0.15) is 5.75 Å². The summed E-state index contributed by atoms with van der Waals surface area (Å²) in [5.74, 6) is -0.669. The van der Waals surface area contributed by atoms with E-state index in [-0.39, 0.29) is 40.2 Å². The van der Waals surface area contributed by atoms with Crippen molar-refractivity contribution in [3.8, 4) is 5.75 Å². The lowest BCUT2D eigenvalue weighted by atomic mass is 9.68. The van der Waals surface area contributed by atoms with E-state index in [1.807, 2.05) is 42.5 Å². The number of aliphatic hydroxyl groups is 1. The summed E-state index contributed by atoms with van der Waals surface area (Å²) >= 11 is 6.47. The van der Waals surface area contributed by atoms with Gasteiger partial charge in [0.25, 0.3) is 14.2 Å². The first-order valence-corrected chi connectivity index (χ1v) is 25.1. The van der Waals surface area contributed by atoms with Gasteiger partial charge in [-0.25, -0.2) is 13.1 Å². The highest BCUT2D eigenvalue weighted by molar-refractivity contribution is 7.90. The lowest BCUT2D eigenvalue weighted by molar-refractivity contribution is 0.0178. The summed E-state index contributed by atoms with van der Waals surface area (Å²) in [7, 11) is -7.08. The molecule has 2 N–H and O–H groups in total. The van der Waals surface area contributed by atoms with Crippen LogP contribution < -0.4 is 24.7 Å². The smallest absolute Gasteiger partial charge is 0.264 e. The number of nitrogens with zero attached hydrogens (tertiary/aromatic N) is 1. The Bertz CT molecular complexity index is 2240. The van der Waals surface area contributed by atoms with Gasteiger partial charge in [-0.3, -0.25) is 4.79 Å². The van der Waals surface area contributed by atoms with Crippen molar-refractivity contribution in [1.82, 2.24) is 4.72 Å². The number of aliphatic hydroxyl groups excluding tert-OH is 1. The van der Waals surface area contributed by atoms with E-state index >= 15 is 0 Å². The number of hydrogen-bond acceptors (Lipinski definition) is 7. The van der Waals surface area contributed by atoms with E-state index in [0.29, 0.717) is 36.9 Å². The van der Waals surface area contributed by atoms with Gasteiger partial charge in [0, 0.05) is 41.6 Å². The second-order valence-electron chi connectivity index (χ2n) is 18.1. The molecule has 0 bridgehead atoms. The normalized spacial score (nSPS) is 21.3. The predicted molar refractivity (Wildman–Crippen MR) is 246 cm³/mol. The van der Waals surface area contributed by atoms with E-state index < -0.39 is 36.3 Å². The second kappa shape index (κ2) is 18.0. The first kappa shape index (κ1) is 43.9. The van der Waals surface area contributed by atoms with Crippen LogP contribution in [0.4, 0.5) is 5.69 Å². The van der Waals surface area contributed by atoms with Crippen molar-refractivity contribution in [3.63, 3.8) is 0 Å². The Hall–Kier alpha value is -4.19. The molecule has 318 valence electrons. The van der Waals surface area contributed by atoms with Gasteiger partial charge in [-0.2, -0.15) is 0 Å². The van der Waals surface area contributed by atoms with Crippen molar-refractivity contribution < 1.29 is 27.5 Å². The van der Waals surface area contributed by atoms with Gasteiger partial charge in [0.05, 0.1) is 24.2 Å². The number of carbonyl (C=O) groups excluding carboxylic acids is 1. The van der Waals surface area contributed by atoms with Gasteiger partial charge in [-0.05, 0) is 107 Å². The topological polar surface area (TPSA) is 105 Å². The molecule has 11 heteroatoms. The minimum atomic E-state index is -4.14. The first-order valence-electron chi connectivity index (χ1n) is 21.2. The Kier molecular flexibility index (Phi) is 13.2. The number of fused-ring (bicyclic) bond motifs is 3. The first-order chi connectivity index (χ1) is 28.7. The Labute approximate surface area is 362 Å². The van der Waals surface area contributed by atoms with E-state index in [1.54, 1.807) is 30.4 Å². The molecule has 5 atom stereocenters. The molecule has 1 fully saturated rings. The van der Waals surface area contributed by atoms with Gasteiger partial charge in [0.15, 0.2) is 0 Å². The monoisotopic (exact) mass is 866 g/mol. The third-order valence-corrected chi connectivity index (χ3v) is 19.7. The number of sulfonamides is 1. The van der Waals surface area contributed by atoms with Crippen LogP contribution in [-0.2, 0) is 26.3 Å². The lowest BCUT2D eigenvalue weighted by Crippen LogP contribution is -2.67. The third kappa shape index (κ3) is 9.04. The molecule has 60 heavy (non-hydrogen) atoms. The number of halogens is 1. The molecular weight excluding hydrogens is 808 g/mol. The minimum Gasteiger partial charge on any atom is -0.490 e. The lowest BCUT2D eigenvalue weighted by Gasteiger charge is -2.45.